The lowest BCUT2D eigenvalue weighted by atomic mass is 10.2. The first-order valence-corrected chi connectivity index (χ1v) is 8.56. The lowest BCUT2D eigenvalue weighted by Crippen LogP contribution is -2.29. The van der Waals surface area contributed by atoms with E-state index in [0.29, 0.717) is 28.9 Å². The fourth-order valence-electron chi connectivity index (χ4n) is 2.06. The second-order valence-electron chi connectivity index (χ2n) is 4.73. The standard InChI is InChI=1S/C16H19ClN2O3S/c1-4-13(22-5-2)15(20)19-16-18-12(9-23-16)10-6-7-14(21-3)11(17)8-10/h6-9,13H,4-5H2,1-3H3,(H,18,19,20). The van der Waals surface area contributed by atoms with Gasteiger partial charge in [-0.1, -0.05) is 18.5 Å². The van der Waals surface area contributed by atoms with Gasteiger partial charge in [-0.15, -0.1) is 11.3 Å². The normalized spacial score (nSPS) is 12.0. The van der Waals surface area contributed by atoms with Crippen molar-refractivity contribution in [1.82, 2.24) is 4.98 Å². The van der Waals surface area contributed by atoms with Crippen LogP contribution in [0.2, 0.25) is 5.02 Å². The van der Waals surface area contributed by atoms with Crippen LogP contribution >= 0.6 is 22.9 Å². The van der Waals surface area contributed by atoms with Crippen LogP contribution in [0.15, 0.2) is 23.6 Å². The van der Waals surface area contributed by atoms with Crippen molar-refractivity contribution in [3.05, 3.63) is 28.6 Å². The fraction of sp³-hybridized carbons (Fsp3) is 0.375. The summed E-state index contributed by atoms with van der Waals surface area (Å²) in [6, 6.07) is 5.45. The van der Waals surface area contributed by atoms with Crippen LogP contribution in [0, 0.1) is 0 Å². The van der Waals surface area contributed by atoms with Crippen LogP contribution in [-0.2, 0) is 9.53 Å². The largest absolute Gasteiger partial charge is 0.495 e. The first-order chi connectivity index (χ1) is 11.1. The zero-order chi connectivity index (χ0) is 16.8. The molecule has 1 aromatic carbocycles. The zero-order valence-corrected chi connectivity index (χ0v) is 14.8. The Morgan fingerprint density at radius 3 is 2.83 bits per heavy atom. The molecule has 1 amide bonds. The number of carbonyl (C=O) groups excluding carboxylic acids is 1. The van der Waals surface area contributed by atoms with E-state index in [-0.39, 0.29) is 5.91 Å². The molecule has 5 nitrogen and oxygen atoms in total. The van der Waals surface area contributed by atoms with Gasteiger partial charge in [-0.25, -0.2) is 4.98 Å². The van der Waals surface area contributed by atoms with Crippen molar-refractivity contribution in [3.63, 3.8) is 0 Å². The molecule has 2 rings (SSSR count). The van der Waals surface area contributed by atoms with Gasteiger partial charge >= 0.3 is 0 Å². The Balaban J connectivity index is 2.11. The van der Waals surface area contributed by atoms with Gasteiger partial charge in [0.25, 0.3) is 5.91 Å². The lowest BCUT2D eigenvalue weighted by molar-refractivity contribution is -0.127. The zero-order valence-electron chi connectivity index (χ0n) is 13.3. The summed E-state index contributed by atoms with van der Waals surface area (Å²) in [4.78, 5) is 16.5. The first-order valence-electron chi connectivity index (χ1n) is 7.30. The minimum absolute atomic E-state index is 0.178. The predicted molar refractivity (Wildman–Crippen MR) is 93.4 cm³/mol. The number of methoxy groups -OCH3 is 1. The van der Waals surface area contributed by atoms with E-state index in [0.717, 1.165) is 11.3 Å². The average Bonchev–Trinajstić information content (AvgIpc) is 3.00. The van der Waals surface area contributed by atoms with Crippen LogP contribution in [0.5, 0.6) is 5.75 Å². The van der Waals surface area contributed by atoms with Crippen molar-refractivity contribution in [2.45, 2.75) is 26.4 Å². The number of anilines is 1. The fourth-order valence-corrected chi connectivity index (χ4v) is 3.04. The molecule has 124 valence electrons. The summed E-state index contributed by atoms with van der Waals surface area (Å²) in [5.41, 5.74) is 1.61. The molecule has 23 heavy (non-hydrogen) atoms. The Hall–Kier alpha value is -1.63. The van der Waals surface area contributed by atoms with E-state index in [1.807, 2.05) is 25.3 Å². The van der Waals surface area contributed by atoms with Crippen molar-refractivity contribution < 1.29 is 14.3 Å². The highest BCUT2D eigenvalue weighted by Crippen LogP contribution is 2.31. The summed E-state index contributed by atoms with van der Waals surface area (Å²) < 4.78 is 10.5. The van der Waals surface area contributed by atoms with Crippen molar-refractivity contribution in [1.29, 1.82) is 0 Å². The van der Waals surface area contributed by atoms with Gasteiger partial charge in [0, 0.05) is 17.6 Å². The molecule has 0 saturated carbocycles. The van der Waals surface area contributed by atoms with Crippen molar-refractivity contribution in [3.8, 4) is 17.0 Å². The number of hydrogen-bond donors (Lipinski definition) is 1. The highest BCUT2D eigenvalue weighted by Gasteiger charge is 2.18. The first kappa shape index (κ1) is 17.7. The van der Waals surface area contributed by atoms with Gasteiger partial charge in [-0.05, 0) is 31.5 Å². The van der Waals surface area contributed by atoms with E-state index in [4.69, 9.17) is 21.1 Å². The summed E-state index contributed by atoms with van der Waals surface area (Å²) >= 11 is 7.49. The van der Waals surface area contributed by atoms with Crippen LogP contribution in [0.4, 0.5) is 5.13 Å². The van der Waals surface area contributed by atoms with Gasteiger partial charge in [0.1, 0.15) is 11.9 Å². The van der Waals surface area contributed by atoms with Crippen molar-refractivity contribution >= 4 is 34.0 Å². The second kappa shape index (κ2) is 8.29. The molecule has 0 fully saturated rings. The number of nitrogens with zero attached hydrogens (tertiary/aromatic N) is 1. The molecule has 7 heteroatoms. The Labute approximate surface area is 144 Å². The highest BCUT2D eigenvalue weighted by molar-refractivity contribution is 7.14. The van der Waals surface area contributed by atoms with Crippen molar-refractivity contribution in [2.75, 3.05) is 19.0 Å². The maximum atomic E-state index is 12.1. The number of amides is 1. The number of ether oxygens (including phenoxy) is 2. The Kier molecular flexibility index (Phi) is 6.38. The monoisotopic (exact) mass is 354 g/mol. The van der Waals surface area contributed by atoms with E-state index in [1.165, 1.54) is 11.3 Å². The molecule has 0 aliphatic rings. The van der Waals surface area contributed by atoms with E-state index < -0.39 is 6.10 Å². The van der Waals surface area contributed by atoms with Crippen LogP contribution in [-0.4, -0.2) is 30.7 Å². The number of aromatic nitrogens is 1. The van der Waals surface area contributed by atoms with Crippen LogP contribution < -0.4 is 10.1 Å². The van der Waals surface area contributed by atoms with Gasteiger partial charge in [-0.3, -0.25) is 10.1 Å². The number of rotatable bonds is 7. The van der Waals surface area contributed by atoms with Gasteiger partial charge < -0.3 is 9.47 Å². The minimum atomic E-state index is -0.456. The number of hydrogen-bond acceptors (Lipinski definition) is 5. The molecule has 0 saturated heterocycles. The molecule has 1 N–H and O–H groups in total. The molecule has 0 bridgehead atoms. The summed E-state index contributed by atoms with van der Waals surface area (Å²) in [5.74, 6) is 0.435. The van der Waals surface area contributed by atoms with Gasteiger partial charge in [0.2, 0.25) is 0 Å². The molecular formula is C16H19ClN2O3S. The summed E-state index contributed by atoms with van der Waals surface area (Å²) in [6.07, 6.45) is 0.161. The SMILES string of the molecule is CCOC(CC)C(=O)Nc1nc(-c2ccc(OC)c(Cl)c2)cs1. The number of nitrogens with one attached hydrogen (secondary N) is 1. The van der Waals surface area contributed by atoms with E-state index in [2.05, 4.69) is 10.3 Å². The third-order valence-electron chi connectivity index (χ3n) is 3.21. The molecule has 1 aromatic heterocycles. The maximum Gasteiger partial charge on any atom is 0.255 e. The van der Waals surface area contributed by atoms with Gasteiger partial charge in [-0.2, -0.15) is 0 Å². The number of carbonyl (C=O) groups is 1. The molecule has 1 atom stereocenters. The molecule has 1 heterocycles. The van der Waals surface area contributed by atoms with Gasteiger partial charge in [0.05, 0.1) is 17.8 Å². The molecule has 0 spiro atoms. The van der Waals surface area contributed by atoms with E-state index >= 15 is 0 Å². The van der Waals surface area contributed by atoms with Crippen LogP contribution in [0.1, 0.15) is 20.3 Å². The Bertz CT molecular complexity index is 675. The summed E-state index contributed by atoms with van der Waals surface area (Å²) in [5, 5.41) is 5.72. The number of benzene rings is 1. The molecule has 0 aliphatic heterocycles. The molecule has 1 unspecified atom stereocenters. The van der Waals surface area contributed by atoms with Crippen LogP contribution in [0.3, 0.4) is 0 Å². The second-order valence-corrected chi connectivity index (χ2v) is 5.99. The predicted octanol–water partition coefficient (Wildman–Crippen LogP) is 4.23. The smallest absolute Gasteiger partial charge is 0.255 e. The minimum Gasteiger partial charge on any atom is -0.495 e. The summed E-state index contributed by atoms with van der Waals surface area (Å²) in [6.45, 7) is 4.27. The number of thiazole rings is 1. The molecule has 0 aliphatic carbocycles. The quantitative estimate of drug-likeness (QED) is 0.808. The highest BCUT2D eigenvalue weighted by atomic mass is 35.5. The third kappa shape index (κ3) is 4.43. The van der Waals surface area contributed by atoms with E-state index in [9.17, 15) is 4.79 Å². The number of halogens is 1. The average molecular weight is 355 g/mol. The maximum absolute atomic E-state index is 12.1. The molecule has 2 aromatic rings. The van der Waals surface area contributed by atoms with Gasteiger partial charge in [0.15, 0.2) is 5.13 Å². The molecular weight excluding hydrogens is 336 g/mol. The lowest BCUT2D eigenvalue weighted by Gasteiger charge is -2.13. The summed E-state index contributed by atoms with van der Waals surface area (Å²) in [7, 11) is 1.57. The van der Waals surface area contributed by atoms with Crippen molar-refractivity contribution in [2.24, 2.45) is 0 Å². The molecule has 0 radical (unpaired) electrons. The Morgan fingerprint density at radius 2 is 2.22 bits per heavy atom. The third-order valence-corrected chi connectivity index (χ3v) is 4.27. The van der Waals surface area contributed by atoms with E-state index in [1.54, 1.807) is 19.2 Å². The van der Waals surface area contributed by atoms with Crippen LogP contribution in [0.25, 0.3) is 11.3 Å². The Morgan fingerprint density at radius 1 is 1.43 bits per heavy atom. The topological polar surface area (TPSA) is 60.5 Å².